The Hall–Kier alpha value is -1.47. The van der Waals surface area contributed by atoms with Gasteiger partial charge >= 0.3 is 0 Å². The maximum atomic E-state index is 6.21. The van der Waals surface area contributed by atoms with E-state index in [1.807, 2.05) is 18.2 Å². The lowest BCUT2D eigenvalue weighted by atomic mass is 9.97. The van der Waals surface area contributed by atoms with E-state index in [1.165, 1.54) is 35.2 Å². The van der Waals surface area contributed by atoms with Gasteiger partial charge in [-0.1, -0.05) is 41.9 Å². The van der Waals surface area contributed by atoms with Gasteiger partial charge in [0.1, 0.15) is 0 Å². The van der Waals surface area contributed by atoms with Gasteiger partial charge in [-0.2, -0.15) is 0 Å². The van der Waals surface area contributed by atoms with Crippen LogP contribution in [0.4, 0.5) is 5.69 Å². The molecule has 1 N–H and O–H groups in total. The highest BCUT2D eigenvalue weighted by Gasteiger charge is 2.09. The molecular weight excluding hydrogens is 242 g/mol. The van der Waals surface area contributed by atoms with Crippen molar-refractivity contribution in [3.63, 3.8) is 0 Å². The van der Waals surface area contributed by atoms with Crippen LogP contribution in [0.2, 0.25) is 5.02 Å². The first-order valence-corrected chi connectivity index (χ1v) is 6.80. The maximum Gasteiger partial charge on any atom is 0.0441 e. The van der Waals surface area contributed by atoms with E-state index >= 15 is 0 Å². The van der Waals surface area contributed by atoms with Gasteiger partial charge in [-0.15, -0.1) is 0 Å². The molecule has 2 aromatic carbocycles. The van der Waals surface area contributed by atoms with Gasteiger partial charge in [0.2, 0.25) is 0 Å². The van der Waals surface area contributed by atoms with E-state index in [2.05, 4.69) is 29.6 Å². The lowest BCUT2D eigenvalue weighted by molar-refractivity contribution is 0.828. The molecule has 0 saturated heterocycles. The maximum absolute atomic E-state index is 6.21. The highest BCUT2D eigenvalue weighted by molar-refractivity contribution is 6.31. The standard InChI is InChI=1S/C16H16ClN/c17-15-6-2-1-4-13(15)10-12-7-8-16-14(11-12)5-3-9-18-16/h1-2,4,6-8,11,18H,3,5,9-10H2. The Kier molecular flexibility index (Phi) is 3.24. The molecule has 0 spiro atoms. The molecule has 0 fully saturated rings. The molecule has 1 nitrogen and oxygen atoms in total. The summed E-state index contributed by atoms with van der Waals surface area (Å²) >= 11 is 6.21. The first kappa shape index (κ1) is 11.6. The van der Waals surface area contributed by atoms with Crippen LogP contribution in [0.15, 0.2) is 42.5 Å². The topological polar surface area (TPSA) is 12.0 Å². The van der Waals surface area contributed by atoms with Crippen molar-refractivity contribution in [3.05, 3.63) is 64.2 Å². The third kappa shape index (κ3) is 2.37. The summed E-state index contributed by atoms with van der Waals surface area (Å²) in [6.07, 6.45) is 3.31. The monoisotopic (exact) mass is 257 g/mol. The van der Waals surface area contributed by atoms with Gasteiger partial charge in [0.05, 0.1) is 0 Å². The number of anilines is 1. The molecule has 18 heavy (non-hydrogen) atoms. The molecule has 1 heterocycles. The average molecular weight is 258 g/mol. The van der Waals surface area contributed by atoms with E-state index < -0.39 is 0 Å². The minimum Gasteiger partial charge on any atom is -0.385 e. The van der Waals surface area contributed by atoms with Gasteiger partial charge in [-0.05, 0) is 48.1 Å². The number of hydrogen-bond acceptors (Lipinski definition) is 1. The Morgan fingerprint density at radius 2 is 2.00 bits per heavy atom. The molecule has 2 heteroatoms. The summed E-state index contributed by atoms with van der Waals surface area (Å²) in [5.74, 6) is 0. The van der Waals surface area contributed by atoms with Crippen molar-refractivity contribution in [3.8, 4) is 0 Å². The van der Waals surface area contributed by atoms with E-state index in [0.717, 1.165) is 18.0 Å². The highest BCUT2D eigenvalue weighted by Crippen LogP contribution is 2.25. The second kappa shape index (κ2) is 5.03. The largest absolute Gasteiger partial charge is 0.385 e. The van der Waals surface area contributed by atoms with Gasteiger partial charge in [-0.25, -0.2) is 0 Å². The van der Waals surface area contributed by atoms with Crippen molar-refractivity contribution < 1.29 is 0 Å². The van der Waals surface area contributed by atoms with Crippen molar-refractivity contribution in [2.24, 2.45) is 0 Å². The number of benzene rings is 2. The molecule has 0 atom stereocenters. The molecule has 0 radical (unpaired) electrons. The highest BCUT2D eigenvalue weighted by atomic mass is 35.5. The Balaban J connectivity index is 1.87. The predicted octanol–water partition coefficient (Wildman–Crippen LogP) is 4.29. The molecule has 0 saturated carbocycles. The quantitative estimate of drug-likeness (QED) is 0.846. The predicted molar refractivity (Wildman–Crippen MR) is 77.5 cm³/mol. The third-order valence-electron chi connectivity index (χ3n) is 3.46. The zero-order valence-corrected chi connectivity index (χ0v) is 11.0. The lowest BCUT2D eigenvalue weighted by Crippen LogP contribution is -2.11. The average Bonchev–Trinajstić information content (AvgIpc) is 2.41. The van der Waals surface area contributed by atoms with Crippen molar-refractivity contribution in [1.82, 2.24) is 0 Å². The van der Waals surface area contributed by atoms with Crippen LogP contribution in [0, 0.1) is 0 Å². The molecule has 1 aliphatic rings. The zero-order chi connectivity index (χ0) is 12.4. The van der Waals surface area contributed by atoms with Crippen LogP contribution >= 0.6 is 11.6 Å². The van der Waals surface area contributed by atoms with Gasteiger partial charge in [0.15, 0.2) is 0 Å². The summed E-state index contributed by atoms with van der Waals surface area (Å²) in [7, 11) is 0. The molecule has 0 aromatic heterocycles. The lowest BCUT2D eigenvalue weighted by Gasteiger charge is -2.18. The summed E-state index contributed by atoms with van der Waals surface area (Å²) in [4.78, 5) is 0. The van der Waals surface area contributed by atoms with Gasteiger partial charge in [0.25, 0.3) is 0 Å². The van der Waals surface area contributed by atoms with Crippen molar-refractivity contribution in [2.75, 3.05) is 11.9 Å². The number of aryl methyl sites for hydroxylation is 1. The van der Waals surface area contributed by atoms with Crippen LogP contribution in [0.1, 0.15) is 23.1 Å². The second-order valence-corrected chi connectivity index (χ2v) is 5.20. The summed E-state index contributed by atoms with van der Waals surface area (Å²) in [6.45, 7) is 1.09. The molecule has 92 valence electrons. The fourth-order valence-corrected chi connectivity index (χ4v) is 2.70. The summed E-state index contributed by atoms with van der Waals surface area (Å²) in [6, 6.07) is 14.8. The molecule has 3 rings (SSSR count). The first-order valence-electron chi connectivity index (χ1n) is 6.42. The number of fused-ring (bicyclic) bond motifs is 1. The summed E-state index contributed by atoms with van der Waals surface area (Å²) < 4.78 is 0. The SMILES string of the molecule is Clc1ccccc1Cc1ccc2c(c1)CCCN2. The Morgan fingerprint density at radius 3 is 2.89 bits per heavy atom. The second-order valence-electron chi connectivity index (χ2n) is 4.79. The van der Waals surface area contributed by atoms with E-state index in [9.17, 15) is 0 Å². The van der Waals surface area contributed by atoms with Crippen LogP contribution in [0.25, 0.3) is 0 Å². The molecule has 0 bridgehead atoms. The van der Waals surface area contributed by atoms with Gasteiger partial charge in [-0.3, -0.25) is 0 Å². The van der Waals surface area contributed by atoms with Crippen LogP contribution in [0.3, 0.4) is 0 Å². The third-order valence-corrected chi connectivity index (χ3v) is 3.83. The Morgan fingerprint density at radius 1 is 1.11 bits per heavy atom. The van der Waals surface area contributed by atoms with Gasteiger partial charge < -0.3 is 5.32 Å². The normalized spacial score (nSPS) is 13.8. The fraction of sp³-hybridized carbons (Fsp3) is 0.250. The molecule has 0 unspecified atom stereocenters. The number of rotatable bonds is 2. The van der Waals surface area contributed by atoms with Gasteiger partial charge in [0, 0.05) is 17.3 Å². The van der Waals surface area contributed by atoms with Crippen molar-refractivity contribution in [1.29, 1.82) is 0 Å². The number of nitrogens with one attached hydrogen (secondary N) is 1. The minimum atomic E-state index is 0.855. The number of hydrogen-bond donors (Lipinski definition) is 1. The van der Waals surface area contributed by atoms with E-state index in [0.29, 0.717) is 0 Å². The summed E-state index contributed by atoms with van der Waals surface area (Å²) in [5, 5.41) is 4.29. The van der Waals surface area contributed by atoms with Crippen LogP contribution in [-0.2, 0) is 12.8 Å². The molecule has 0 amide bonds. The van der Waals surface area contributed by atoms with E-state index in [1.54, 1.807) is 0 Å². The molecular formula is C16H16ClN. The van der Waals surface area contributed by atoms with Crippen LogP contribution < -0.4 is 5.32 Å². The van der Waals surface area contributed by atoms with E-state index in [4.69, 9.17) is 11.6 Å². The molecule has 2 aromatic rings. The van der Waals surface area contributed by atoms with Crippen molar-refractivity contribution in [2.45, 2.75) is 19.3 Å². The van der Waals surface area contributed by atoms with Crippen LogP contribution in [-0.4, -0.2) is 6.54 Å². The first-order chi connectivity index (χ1) is 8.83. The smallest absolute Gasteiger partial charge is 0.0441 e. The van der Waals surface area contributed by atoms with E-state index in [-0.39, 0.29) is 0 Å². The fourth-order valence-electron chi connectivity index (χ4n) is 2.50. The molecule has 0 aliphatic carbocycles. The molecule has 1 aliphatic heterocycles. The Labute approximate surface area is 113 Å². The number of halogens is 1. The zero-order valence-electron chi connectivity index (χ0n) is 10.2. The van der Waals surface area contributed by atoms with Crippen molar-refractivity contribution >= 4 is 17.3 Å². The van der Waals surface area contributed by atoms with Crippen LogP contribution in [0.5, 0.6) is 0 Å². The minimum absolute atomic E-state index is 0.855. The Bertz CT molecular complexity index is 563. The summed E-state index contributed by atoms with van der Waals surface area (Å²) in [5.41, 5.74) is 5.27.